The van der Waals surface area contributed by atoms with E-state index >= 15 is 0 Å². The highest BCUT2D eigenvalue weighted by Gasteiger charge is 2.06. The minimum absolute atomic E-state index is 0.612. The molecular formula is C21H24N4O2. The molecule has 0 spiro atoms. The van der Waals surface area contributed by atoms with E-state index in [0.29, 0.717) is 23.9 Å². The summed E-state index contributed by atoms with van der Waals surface area (Å²) in [6.07, 6.45) is 0. The van der Waals surface area contributed by atoms with E-state index in [1.54, 1.807) is 14.2 Å². The van der Waals surface area contributed by atoms with Crippen LogP contribution in [0, 0.1) is 13.8 Å². The van der Waals surface area contributed by atoms with Crippen LogP contribution < -0.4 is 20.1 Å². The first-order valence-electron chi connectivity index (χ1n) is 8.71. The van der Waals surface area contributed by atoms with E-state index in [1.165, 1.54) is 5.56 Å². The van der Waals surface area contributed by atoms with Crippen LogP contribution >= 0.6 is 0 Å². The maximum Gasteiger partial charge on any atom is 0.161 e. The van der Waals surface area contributed by atoms with Crippen LogP contribution in [-0.4, -0.2) is 24.2 Å². The topological polar surface area (TPSA) is 68.3 Å². The van der Waals surface area contributed by atoms with Gasteiger partial charge in [-0.25, -0.2) is 9.97 Å². The van der Waals surface area contributed by atoms with Gasteiger partial charge in [-0.3, -0.25) is 0 Å². The Morgan fingerprint density at radius 2 is 1.63 bits per heavy atom. The molecule has 2 N–H and O–H groups in total. The van der Waals surface area contributed by atoms with E-state index in [1.807, 2.05) is 43.3 Å². The predicted molar refractivity (Wildman–Crippen MR) is 108 cm³/mol. The summed E-state index contributed by atoms with van der Waals surface area (Å²) in [4.78, 5) is 8.93. The van der Waals surface area contributed by atoms with Gasteiger partial charge in [-0.15, -0.1) is 0 Å². The summed E-state index contributed by atoms with van der Waals surface area (Å²) in [5.41, 5.74) is 3.26. The molecule has 0 aliphatic rings. The van der Waals surface area contributed by atoms with E-state index in [-0.39, 0.29) is 0 Å². The molecule has 6 heteroatoms. The lowest BCUT2D eigenvalue weighted by molar-refractivity contribution is 0.354. The van der Waals surface area contributed by atoms with Crippen LogP contribution in [0.15, 0.2) is 48.5 Å². The molecule has 1 aromatic heterocycles. The van der Waals surface area contributed by atoms with Crippen molar-refractivity contribution in [1.29, 1.82) is 0 Å². The Morgan fingerprint density at radius 3 is 2.37 bits per heavy atom. The average molecular weight is 364 g/mol. The van der Waals surface area contributed by atoms with Crippen molar-refractivity contribution in [1.82, 2.24) is 9.97 Å². The van der Waals surface area contributed by atoms with Crippen LogP contribution in [0.5, 0.6) is 11.5 Å². The lowest BCUT2D eigenvalue weighted by atomic mass is 10.2. The van der Waals surface area contributed by atoms with Gasteiger partial charge in [0.1, 0.15) is 17.5 Å². The molecule has 0 saturated carbocycles. The first-order valence-corrected chi connectivity index (χ1v) is 8.71. The van der Waals surface area contributed by atoms with E-state index in [4.69, 9.17) is 9.47 Å². The maximum absolute atomic E-state index is 5.35. The van der Waals surface area contributed by atoms with Gasteiger partial charge < -0.3 is 20.1 Å². The second kappa shape index (κ2) is 8.40. The lowest BCUT2D eigenvalue weighted by Crippen LogP contribution is -2.05. The Bertz CT molecular complexity index is 928. The number of rotatable bonds is 7. The maximum atomic E-state index is 5.35. The first-order chi connectivity index (χ1) is 13.1. The van der Waals surface area contributed by atoms with E-state index in [9.17, 15) is 0 Å². The average Bonchev–Trinajstić information content (AvgIpc) is 2.65. The molecule has 0 fully saturated rings. The molecule has 1 heterocycles. The second-order valence-corrected chi connectivity index (χ2v) is 6.22. The number of aryl methyl sites for hydroxylation is 2. The number of hydrogen-bond acceptors (Lipinski definition) is 6. The quantitative estimate of drug-likeness (QED) is 0.645. The van der Waals surface area contributed by atoms with Crippen LogP contribution in [0.25, 0.3) is 0 Å². The highest BCUT2D eigenvalue weighted by Crippen LogP contribution is 2.28. The van der Waals surface area contributed by atoms with Gasteiger partial charge >= 0.3 is 0 Å². The van der Waals surface area contributed by atoms with E-state index < -0.39 is 0 Å². The van der Waals surface area contributed by atoms with Gasteiger partial charge in [0, 0.05) is 18.3 Å². The number of anilines is 3. The van der Waals surface area contributed by atoms with Crippen molar-refractivity contribution < 1.29 is 9.47 Å². The summed E-state index contributed by atoms with van der Waals surface area (Å²) in [6, 6.07) is 15.9. The Kier molecular flexibility index (Phi) is 5.76. The molecule has 140 valence electrons. The third kappa shape index (κ3) is 4.88. The third-order valence-electron chi connectivity index (χ3n) is 4.05. The summed E-state index contributed by atoms with van der Waals surface area (Å²) >= 11 is 0. The van der Waals surface area contributed by atoms with Crippen molar-refractivity contribution in [3.8, 4) is 11.5 Å². The van der Waals surface area contributed by atoms with Crippen LogP contribution in [0.2, 0.25) is 0 Å². The molecule has 3 aromatic rings. The fraction of sp³-hybridized carbons (Fsp3) is 0.238. The van der Waals surface area contributed by atoms with E-state index in [0.717, 1.165) is 22.9 Å². The highest BCUT2D eigenvalue weighted by molar-refractivity contribution is 5.60. The zero-order chi connectivity index (χ0) is 19.2. The van der Waals surface area contributed by atoms with Crippen molar-refractivity contribution in [2.45, 2.75) is 20.4 Å². The van der Waals surface area contributed by atoms with Gasteiger partial charge in [0.15, 0.2) is 11.5 Å². The van der Waals surface area contributed by atoms with Gasteiger partial charge in [-0.05, 0) is 49.2 Å². The minimum atomic E-state index is 0.612. The zero-order valence-electron chi connectivity index (χ0n) is 16.0. The SMILES string of the molecule is COc1ccc(CNc2cc(Nc3cccc(C)c3)nc(C)n2)cc1OC. The standard InChI is InChI=1S/C21H24N4O2/c1-14-6-5-7-17(10-14)25-21-12-20(23-15(2)24-21)22-13-16-8-9-18(26-3)19(11-16)27-4/h5-12H,13H2,1-4H3,(H2,22,23,24,25). The van der Waals surface area contributed by atoms with Crippen LogP contribution in [0.4, 0.5) is 17.3 Å². The summed E-state index contributed by atoms with van der Waals surface area (Å²) in [6.45, 7) is 4.55. The van der Waals surface area contributed by atoms with Crippen molar-refractivity contribution in [2.75, 3.05) is 24.9 Å². The van der Waals surface area contributed by atoms with Gasteiger partial charge in [0.05, 0.1) is 14.2 Å². The monoisotopic (exact) mass is 364 g/mol. The molecule has 0 amide bonds. The highest BCUT2D eigenvalue weighted by atomic mass is 16.5. The molecule has 0 radical (unpaired) electrons. The summed E-state index contributed by atoms with van der Waals surface area (Å²) < 4.78 is 10.6. The number of hydrogen-bond donors (Lipinski definition) is 2. The predicted octanol–water partition coefficient (Wildman–Crippen LogP) is 4.47. The Labute approximate surface area is 159 Å². The van der Waals surface area contributed by atoms with Gasteiger partial charge in [0.2, 0.25) is 0 Å². The summed E-state index contributed by atoms with van der Waals surface area (Å²) in [5.74, 6) is 3.62. The summed E-state index contributed by atoms with van der Waals surface area (Å²) in [7, 11) is 3.26. The van der Waals surface area contributed by atoms with Crippen LogP contribution in [0.3, 0.4) is 0 Å². The number of aromatic nitrogens is 2. The fourth-order valence-electron chi connectivity index (χ4n) is 2.78. The van der Waals surface area contributed by atoms with Crippen LogP contribution in [0.1, 0.15) is 17.0 Å². The smallest absolute Gasteiger partial charge is 0.161 e. The number of benzene rings is 2. The molecule has 0 aliphatic heterocycles. The number of ether oxygens (including phenoxy) is 2. The molecule has 0 bridgehead atoms. The second-order valence-electron chi connectivity index (χ2n) is 6.22. The molecule has 0 saturated heterocycles. The normalized spacial score (nSPS) is 10.4. The largest absolute Gasteiger partial charge is 0.493 e. The molecule has 0 aliphatic carbocycles. The summed E-state index contributed by atoms with van der Waals surface area (Å²) in [5, 5.41) is 6.67. The third-order valence-corrected chi connectivity index (χ3v) is 4.05. The number of nitrogens with zero attached hydrogens (tertiary/aromatic N) is 2. The van der Waals surface area contributed by atoms with Crippen LogP contribution in [-0.2, 0) is 6.54 Å². The molecule has 27 heavy (non-hydrogen) atoms. The van der Waals surface area contributed by atoms with Crippen molar-refractivity contribution in [3.63, 3.8) is 0 Å². The number of methoxy groups -OCH3 is 2. The van der Waals surface area contributed by atoms with Gasteiger partial charge in [-0.2, -0.15) is 0 Å². The molecule has 6 nitrogen and oxygen atoms in total. The molecular weight excluding hydrogens is 340 g/mol. The Balaban J connectivity index is 1.73. The Morgan fingerprint density at radius 1 is 0.852 bits per heavy atom. The Hall–Kier alpha value is -3.28. The number of nitrogens with one attached hydrogen (secondary N) is 2. The minimum Gasteiger partial charge on any atom is -0.493 e. The zero-order valence-corrected chi connectivity index (χ0v) is 16.0. The van der Waals surface area contributed by atoms with Crippen molar-refractivity contribution in [2.24, 2.45) is 0 Å². The molecule has 0 unspecified atom stereocenters. The van der Waals surface area contributed by atoms with Gasteiger partial charge in [0.25, 0.3) is 0 Å². The van der Waals surface area contributed by atoms with Crippen molar-refractivity contribution in [3.05, 3.63) is 65.5 Å². The molecule has 0 atom stereocenters. The van der Waals surface area contributed by atoms with Crippen molar-refractivity contribution >= 4 is 17.3 Å². The molecule has 2 aromatic carbocycles. The van der Waals surface area contributed by atoms with Gasteiger partial charge in [-0.1, -0.05) is 18.2 Å². The lowest BCUT2D eigenvalue weighted by Gasteiger charge is -2.12. The van der Waals surface area contributed by atoms with E-state index in [2.05, 4.69) is 39.7 Å². The first kappa shape index (κ1) is 18.5. The fourth-order valence-corrected chi connectivity index (χ4v) is 2.78. The molecule has 3 rings (SSSR count).